The minimum absolute atomic E-state index is 0.435. The molecule has 0 saturated carbocycles. The Bertz CT molecular complexity index is 1170. The molecule has 6 nitrogen and oxygen atoms in total. The van der Waals surface area contributed by atoms with Crippen LogP contribution in [-0.4, -0.2) is 23.0 Å². The Labute approximate surface area is 165 Å². The van der Waals surface area contributed by atoms with Crippen LogP contribution in [0.2, 0.25) is 5.02 Å². The zero-order valence-electron chi connectivity index (χ0n) is 14.9. The number of imidazole rings is 1. The van der Waals surface area contributed by atoms with Gasteiger partial charge in [0.1, 0.15) is 23.1 Å². The average Bonchev–Trinajstić information content (AvgIpc) is 3.13. The summed E-state index contributed by atoms with van der Waals surface area (Å²) in [7, 11) is 1.56. The van der Waals surface area contributed by atoms with Gasteiger partial charge in [0, 0.05) is 17.2 Å². The van der Waals surface area contributed by atoms with Gasteiger partial charge >= 0.3 is 0 Å². The first-order valence-corrected chi connectivity index (χ1v) is 8.83. The molecule has 1 aromatic heterocycles. The Kier molecular flexibility index (Phi) is 4.63. The molecule has 140 valence electrons. The molecule has 4 aromatic rings. The number of H-pyrrole nitrogens is 1. The summed E-state index contributed by atoms with van der Waals surface area (Å²) in [5, 5.41) is 0.523. The largest absolute Gasteiger partial charge is 0.495 e. The number of carbonyl (C=O) groups excluding carboxylic acids is 1. The molecule has 3 aromatic carbocycles. The molecule has 4 rings (SSSR count). The van der Waals surface area contributed by atoms with Gasteiger partial charge in [0.2, 0.25) is 5.91 Å². The lowest BCUT2D eigenvalue weighted by atomic mass is 10.2. The van der Waals surface area contributed by atoms with Crippen LogP contribution in [0.4, 0.5) is 0 Å². The van der Waals surface area contributed by atoms with Crippen LogP contribution in [0.3, 0.4) is 0 Å². The monoisotopic (exact) mass is 393 g/mol. The second-order valence-electron chi connectivity index (χ2n) is 6.10. The van der Waals surface area contributed by atoms with Gasteiger partial charge in [0.25, 0.3) is 0 Å². The zero-order chi connectivity index (χ0) is 19.7. The van der Waals surface area contributed by atoms with Gasteiger partial charge in [-0.3, -0.25) is 4.79 Å². The number of halogens is 1. The molecule has 28 heavy (non-hydrogen) atoms. The van der Waals surface area contributed by atoms with Gasteiger partial charge in [-0.1, -0.05) is 11.6 Å². The van der Waals surface area contributed by atoms with Crippen molar-refractivity contribution in [1.82, 2.24) is 9.97 Å². The number of nitrogens with one attached hydrogen (secondary N) is 1. The summed E-state index contributed by atoms with van der Waals surface area (Å²) in [5.74, 6) is 2.06. The highest BCUT2D eigenvalue weighted by molar-refractivity contribution is 6.32. The van der Waals surface area contributed by atoms with Gasteiger partial charge in [-0.2, -0.15) is 0 Å². The fourth-order valence-electron chi connectivity index (χ4n) is 2.82. The van der Waals surface area contributed by atoms with E-state index < -0.39 is 5.91 Å². The molecule has 1 amide bonds. The van der Waals surface area contributed by atoms with Crippen molar-refractivity contribution in [2.24, 2.45) is 5.73 Å². The molecule has 0 aliphatic heterocycles. The van der Waals surface area contributed by atoms with Crippen molar-refractivity contribution in [3.63, 3.8) is 0 Å². The molecule has 0 fully saturated rings. The number of hydrogen-bond donors (Lipinski definition) is 2. The van der Waals surface area contributed by atoms with Gasteiger partial charge in [0.15, 0.2) is 0 Å². The fourth-order valence-corrected chi connectivity index (χ4v) is 3.01. The van der Waals surface area contributed by atoms with Crippen molar-refractivity contribution in [3.05, 3.63) is 71.2 Å². The van der Waals surface area contributed by atoms with Crippen LogP contribution in [-0.2, 0) is 0 Å². The van der Waals surface area contributed by atoms with Crippen molar-refractivity contribution in [2.45, 2.75) is 0 Å². The number of methoxy groups -OCH3 is 1. The van der Waals surface area contributed by atoms with Crippen LogP contribution in [0.1, 0.15) is 10.4 Å². The number of ether oxygens (including phenoxy) is 2. The zero-order valence-corrected chi connectivity index (χ0v) is 15.7. The SMILES string of the molecule is COc1cc(Oc2ccc(-c3nc4ccc(C(N)=O)cc4[nH]3)cc2)ccc1Cl. The van der Waals surface area contributed by atoms with E-state index in [0.717, 1.165) is 16.6 Å². The lowest BCUT2D eigenvalue weighted by molar-refractivity contribution is 0.100. The Morgan fingerprint density at radius 2 is 1.79 bits per heavy atom. The van der Waals surface area contributed by atoms with Gasteiger partial charge in [-0.25, -0.2) is 4.98 Å². The van der Waals surface area contributed by atoms with Crippen LogP contribution in [0.15, 0.2) is 60.7 Å². The number of hydrogen-bond acceptors (Lipinski definition) is 4. The third-order valence-electron chi connectivity index (χ3n) is 4.25. The summed E-state index contributed by atoms with van der Waals surface area (Å²) in [6.45, 7) is 0. The number of nitrogens with two attached hydrogens (primary N) is 1. The Balaban J connectivity index is 1.57. The van der Waals surface area contributed by atoms with E-state index in [1.54, 1.807) is 43.5 Å². The molecule has 1 heterocycles. The fraction of sp³-hybridized carbons (Fsp3) is 0.0476. The second-order valence-corrected chi connectivity index (χ2v) is 6.51. The number of aromatic amines is 1. The van der Waals surface area contributed by atoms with Crippen molar-refractivity contribution in [3.8, 4) is 28.6 Å². The van der Waals surface area contributed by atoms with Crippen LogP contribution in [0, 0.1) is 0 Å². The topological polar surface area (TPSA) is 90.2 Å². The highest BCUT2D eigenvalue weighted by Gasteiger charge is 2.09. The number of rotatable bonds is 5. The lowest BCUT2D eigenvalue weighted by Crippen LogP contribution is -2.10. The van der Waals surface area contributed by atoms with Gasteiger partial charge in [-0.15, -0.1) is 0 Å². The lowest BCUT2D eigenvalue weighted by Gasteiger charge is -2.09. The number of amides is 1. The highest BCUT2D eigenvalue weighted by atomic mass is 35.5. The maximum absolute atomic E-state index is 11.3. The summed E-state index contributed by atoms with van der Waals surface area (Å²) in [6, 6.07) is 17.8. The van der Waals surface area contributed by atoms with Crippen molar-refractivity contribution in [2.75, 3.05) is 7.11 Å². The summed E-state index contributed by atoms with van der Waals surface area (Å²) >= 11 is 6.03. The number of aromatic nitrogens is 2. The van der Waals surface area contributed by atoms with E-state index in [0.29, 0.717) is 33.7 Å². The molecule has 0 radical (unpaired) electrons. The molecule has 0 unspecified atom stereocenters. The number of fused-ring (bicyclic) bond motifs is 1. The first-order chi connectivity index (χ1) is 13.5. The third-order valence-corrected chi connectivity index (χ3v) is 4.56. The van der Waals surface area contributed by atoms with E-state index in [2.05, 4.69) is 9.97 Å². The number of primary amides is 1. The third kappa shape index (κ3) is 3.50. The van der Waals surface area contributed by atoms with E-state index >= 15 is 0 Å². The maximum Gasteiger partial charge on any atom is 0.248 e. The normalized spacial score (nSPS) is 10.8. The molecular formula is C21H16ClN3O3. The second kappa shape index (κ2) is 7.25. The molecule has 0 aliphatic carbocycles. The van der Waals surface area contributed by atoms with E-state index in [1.165, 1.54) is 0 Å². The van der Waals surface area contributed by atoms with Crippen molar-refractivity contribution < 1.29 is 14.3 Å². The summed E-state index contributed by atoms with van der Waals surface area (Å²) in [6.07, 6.45) is 0. The first-order valence-electron chi connectivity index (χ1n) is 8.45. The Hall–Kier alpha value is -3.51. The predicted octanol–water partition coefficient (Wildman–Crippen LogP) is 4.78. The number of carbonyl (C=O) groups is 1. The average molecular weight is 394 g/mol. The molecule has 0 saturated heterocycles. The number of nitrogens with zero attached hydrogens (tertiary/aromatic N) is 1. The van der Waals surface area contributed by atoms with E-state index in [-0.39, 0.29) is 0 Å². The van der Waals surface area contributed by atoms with Crippen LogP contribution in [0.25, 0.3) is 22.4 Å². The molecule has 3 N–H and O–H groups in total. The van der Waals surface area contributed by atoms with Gasteiger partial charge in [0.05, 0.1) is 23.2 Å². The smallest absolute Gasteiger partial charge is 0.248 e. The van der Waals surface area contributed by atoms with Crippen LogP contribution < -0.4 is 15.2 Å². The molecule has 0 spiro atoms. The van der Waals surface area contributed by atoms with Crippen molar-refractivity contribution in [1.29, 1.82) is 0 Å². The summed E-state index contributed by atoms with van der Waals surface area (Å²) in [5.41, 5.74) is 8.16. The summed E-state index contributed by atoms with van der Waals surface area (Å²) in [4.78, 5) is 19.1. The molecule has 0 aliphatic rings. The molecule has 0 bridgehead atoms. The van der Waals surface area contributed by atoms with Gasteiger partial charge in [-0.05, 0) is 54.6 Å². The minimum Gasteiger partial charge on any atom is -0.495 e. The molecular weight excluding hydrogens is 378 g/mol. The van der Waals surface area contributed by atoms with Crippen molar-refractivity contribution >= 4 is 28.5 Å². The van der Waals surface area contributed by atoms with Gasteiger partial charge < -0.3 is 20.2 Å². The highest BCUT2D eigenvalue weighted by Crippen LogP contribution is 2.32. The van der Waals surface area contributed by atoms with E-state index in [1.807, 2.05) is 24.3 Å². The Morgan fingerprint density at radius 1 is 1.04 bits per heavy atom. The molecule has 7 heteroatoms. The van der Waals surface area contributed by atoms with E-state index in [9.17, 15) is 4.79 Å². The van der Waals surface area contributed by atoms with E-state index in [4.69, 9.17) is 26.8 Å². The predicted molar refractivity (Wildman–Crippen MR) is 108 cm³/mol. The maximum atomic E-state index is 11.3. The summed E-state index contributed by atoms with van der Waals surface area (Å²) < 4.78 is 11.0. The standard InChI is InChI=1S/C21H16ClN3O3/c1-27-19-11-15(7-8-16(19)22)28-14-5-2-12(3-6-14)21-24-17-9-4-13(20(23)26)10-18(17)25-21/h2-11H,1H3,(H2,23,26)(H,24,25). The minimum atomic E-state index is -0.474. The number of benzene rings is 3. The Morgan fingerprint density at radius 3 is 2.50 bits per heavy atom. The van der Waals surface area contributed by atoms with Crippen LogP contribution >= 0.6 is 11.6 Å². The first kappa shape index (κ1) is 17.9. The quantitative estimate of drug-likeness (QED) is 0.510. The van der Waals surface area contributed by atoms with Crippen LogP contribution in [0.5, 0.6) is 17.2 Å². The molecule has 0 atom stereocenters.